The molecule has 6 nitrogen and oxygen atoms in total. The number of fused-ring (bicyclic) bond motifs is 5. The smallest absolute Gasteiger partial charge is 0.323 e. The highest BCUT2D eigenvalue weighted by molar-refractivity contribution is 7.15. The molecule has 2 aromatic carbocycles. The van der Waals surface area contributed by atoms with E-state index in [-0.39, 0.29) is 12.1 Å². The molecule has 0 unspecified atom stereocenters. The molecule has 2 amide bonds. The van der Waals surface area contributed by atoms with Gasteiger partial charge in [0.1, 0.15) is 16.5 Å². The molecular formula is C30H31N3O3S. The molecule has 1 aliphatic carbocycles. The van der Waals surface area contributed by atoms with Gasteiger partial charge in [-0.3, -0.25) is 0 Å². The van der Waals surface area contributed by atoms with Crippen molar-refractivity contribution in [3.05, 3.63) is 93.6 Å². The predicted octanol–water partition coefficient (Wildman–Crippen LogP) is 6.88. The summed E-state index contributed by atoms with van der Waals surface area (Å²) in [6.45, 7) is 2.63. The largest absolute Gasteiger partial charge is 0.497 e. The van der Waals surface area contributed by atoms with Crippen molar-refractivity contribution >= 4 is 23.1 Å². The van der Waals surface area contributed by atoms with Gasteiger partial charge in [-0.2, -0.15) is 0 Å². The number of hydrogen-bond acceptors (Lipinski definition) is 4. The van der Waals surface area contributed by atoms with Crippen LogP contribution in [0.1, 0.15) is 51.7 Å². The van der Waals surface area contributed by atoms with Gasteiger partial charge in [0.15, 0.2) is 0 Å². The van der Waals surface area contributed by atoms with Crippen LogP contribution in [0.3, 0.4) is 0 Å². The van der Waals surface area contributed by atoms with Gasteiger partial charge in [-0.25, -0.2) is 4.79 Å². The van der Waals surface area contributed by atoms with E-state index in [2.05, 4.69) is 59.4 Å². The van der Waals surface area contributed by atoms with E-state index in [0.717, 1.165) is 24.1 Å². The highest BCUT2D eigenvalue weighted by Gasteiger charge is 2.36. The molecule has 0 saturated heterocycles. The SMILES string of the molecule is COc1ccc(OC)c(NC(=O)N2Cc3c(sc4c3CCCC4)-n3cccc3[C@@H]2c2ccc(C)cc2)c1. The van der Waals surface area contributed by atoms with E-state index in [1.54, 1.807) is 20.3 Å². The number of methoxy groups -OCH3 is 2. The fourth-order valence-corrected chi connectivity index (χ4v) is 6.99. The summed E-state index contributed by atoms with van der Waals surface area (Å²) in [6.07, 6.45) is 6.77. The molecule has 0 saturated carbocycles. The maximum atomic E-state index is 14.2. The van der Waals surface area contributed by atoms with Gasteiger partial charge in [0.25, 0.3) is 0 Å². The van der Waals surface area contributed by atoms with Crippen molar-refractivity contribution in [2.45, 2.75) is 45.2 Å². The van der Waals surface area contributed by atoms with Crippen LogP contribution in [-0.2, 0) is 19.4 Å². The fourth-order valence-electron chi connectivity index (χ4n) is 5.58. The van der Waals surface area contributed by atoms with E-state index in [9.17, 15) is 4.79 Å². The Labute approximate surface area is 221 Å². The molecule has 190 valence electrons. The number of nitrogens with one attached hydrogen (secondary N) is 1. The summed E-state index contributed by atoms with van der Waals surface area (Å²) >= 11 is 1.89. The fraction of sp³-hybridized carbons (Fsp3) is 0.300. The number of aryl methyl sites for hydroxylation is 2. The zero-order chi connectivity index (χ0) is 25.5. The summed E-state index contributed by atoms with van der Waals surface area (Å²) in [5.41, 5.74) is 6.67. The zero-order valence-corrected chi connectivity index (χ0v) is 22.2. The van der Waals surface area contributed by atoms with Crippen molar-refractivity contribution in [1.29, 1.82) is 0 Å². The van der Waals surface area contributed by atoms with Crippen LogP contribution in [0.15, 0.2) is 60.8 Å². The number of anilines is 1. The van der Waals surface area contributed by atoms with Crippen molar-refractivity contribution in [3.8, 4) is 16.5 Å². The molecule has 0 fully saturated rings. The van der Waals surface area contributed by atoms with Gasteiger partial charge in [0.05, 0.1) is 38.2 Å². The Hall–Kier alpha value is -3.71. The minimum Gasteiger partial charge on any atom is -0.497 e. The summed E-state index contributed by atoms with van der Waals surface area (Å²) in [4.78, 5) is 17.6. The van der Waals surface area contributed by atoms with Crippen molar-refractivity contribution in [2.75, 3.05) is 19.5 Å². The molecule has 0 bridgehead atoms. The Morgan fingerprint density at radius 1 is 1.00 bits per heavy atom. The van der Waals surface area contributed by atoms with E-state index >= 15 is 0 Å². The Balaban J connectivity index is 1.48. The number of amides is 2. The number of aromatic nitrogens is 1. The molecule has 0 radical (unpaired) electrons. The van der Waals surface area contributed by atoms with Gasteiger partial charge < -0.3 is 24.3 Å². The summed E-state index contributed by atoms with van der Waals surface area (Å²) < 4.78 is 13.3. The highest BCUT2D eigenvalue weighted by Crippen LogP contribution is 2.44. The second-order valence-corrected chi connectivity index (χ2v) is 10.8. The van der Waals surface area contributed by atoms with Crippen LogP contribution in [0, 0.1) is 6.92 Å². The third-order valence-corrected chi connectivity index (χ3v) is 8.81. The van der Waals surface area contributed by atoms with Crippen LogP contribution in [0.2, 0.25) is 0 Å². The van der Waals surface area contributed by atoms with Gasteiger partial charge in [-0.1, -0.05) is 29.8 Å². The zero-order valence-electron chi connectivity index (χ0n) is 21.4. The molecular weight excluding hydrogens is 482 g/mol. The monoisotopic (exact) mass is 513 g/mol. The van der Waals surface area contributed by atoms with Crippen molar-refractivity contribution in [3.63, 3.8) is 0 Å². The first-order valence-corrected chi connectivity index (χ1v) is 13.6. The lowest BCUT2D eigenvalue weighted by Gasteiger charge is -2.31. The number of benzene rings is 2. The second-order valence-electron chi connectivity index (χ2n) is 9.74. The number of hydrogen-bond donors (Lipinski definition) is 1. The Morgan fingerprint density at radius 3 is 2.59 bits per heavy atom. The summed E-state index contributed by atoms with van der Waals surface area (Å²) in [5.74, 6) is 1.25. The molecule has 1 N–H and O–H groups in total. The first-order chi connectivity index (χ1) is 18.1. The van der Waals surface area contributed by atoms with Crippen LogP contribution < -0.4 is 14.8 Å². The third kappa shape index (κ3) is 4.17. The van der Waals surface area contributed by atoms with E-state index in [1.807, 2.05) is 28.4 Å². The van der Waals surface area contributed by atoms with Crippen molar-refractivity contribution < 1.29 is 14.3 Å². The van der Waals surface area contributed by atoms with E-state index < -0.39 is 0 Å². The summed E-state index contributed by atoms with van der Waals surface area (Å²) in [5, 5.41) is 4.40. The number of carbonyl (C=O) groups excluding carboxylic acids is 1. The van der Waals surface area contributed by atoms with Crippen LogP contribution in [0.25, 0.3) is 5.00 Å². The van der Waals surface area contributed by atoms with E-state index in [0.29, 0.717) is 23.7 Å². The van der Waals surface area contributed by atoms with Gasteiger partial charge in [0, 0.05) is 22.7 Å². The Kier molecular flexibility index (Phi) is 6.16. The first kappa shape index (κ1) is 23.7. The molecule has 1 atom stereocenters. The molecule has 1 aliphatic heterocycles. The molecule has 2 aliphatic rings. The standard InChI is InChI=1S/C30H31N3O3S/c1-19-10-12-20(13-11-19)28-25-8-6-16-32(25)29-23(22-7-4-5-9-27(22)37-29)18-33(28)30(34)31-24-17-21(35-2)14-15-26(24)36-3/h6,8,10-17,28H,4-5,7,9,18H2,1-3H3,(H,31,34)/t28-/m0/s1. The first-order valence-electron chi connectivity index (χ1n) is 12.7. The molecule has 3 heterocycles. The molecule has 2 aromatic heterocycles. The lowest BCUT2D eigenvalue weighted by atomic mass is 9.95. The molecule has 0 spiro atoms. The lowest BCUT2D eigenvalue weighted by molar-refractivity contribution is 0.194. The number of rotatable bonds is 4. The summed E-state index contributed by atoms with van der Waals surface area (Å²) in [7, 11) is 3.22. The van der Waals surface area contributed by atoms with E-state index in [1.165, 1.54) is 39.4 Å². The van der Waals surface area contributed by atoms with E-state index in [4.69, 9.17) is 9.47 Å². The van der Waals surface area contributed by atoms with Crippen LogP contribution in [0.5, 0.6) is 11.5 Å². The average molecular weight is 514 g/mol. The number of ether oxygens (including phenoxy) is 2. The van der Waals surface area contributed by atoms with Crippen LogP contribution in [-0.4, -0.2) is 29.7 Å². The molecule has 6 rings (SSSR count). The Morgan fingerprint density at radius 2 is 1.81 bits per heavy atom. The van der Waals surface area contributed by atoms with Crippen molar-refractivity contribution in [1.82, 2.24) is 9.47 Å². The molecule has 37 heavy (non-hydrogen) atoms. The van der Waals surface area contributed by atoms with Gasteiger partial charge in [-0.05, 0) is 68.0 Å². The number of carbonyl (C=O) groups is 1. The number of urea groups is 1. The van der Waals surface area contributed by atoms with Gasteiger partial charge >= 0.3 is 6.03 Å². The highest BCUT2D eigenvalue weighted by atomic mass is 32.1. The minimum absolute atomic E-state index is 0.173. The normalized spacial score (nSPS) is 16.3. The van der Waals surface area contributed by atoms with Gasteiger partial charge in [0.2, 0.25) is 0 Å². The van der Waals surface area contributed by atoms with Crippen LogP contribution in [0.4, 0.5) is 10.5 Å². The van der Waals surface area contributed by atoms with Gasteiger partial charge in [-0.15, -0.1) is 11.3 Å². The topological polar surface area (TPSA) is 55.7 Å². The maximum absolute atomic E-state index is 14.2. The minimum atomic E-state index is -0.244. The third-order valence-electron chi connectivity index (χ3n) is 7.48. The van der Waals surface area contributed by atoms with Crippen molar-refractivity contribution in [2.24, 2.45) is 0 Å². The van der Waals surface area contributed by atoms with Crippen LogP contribution >= 0.6 is 11.3 Å². The average Bonchev–Trinajstić information content (AvgIpc) is 3.51. The molecule has 7 heteroatoms. The lowest BCUT2D eigenvalue weighted by Crippen LogP contribution is -2.38. The Bertz CT molecular complexity index is 1450. The molecule has 4 aromatic rings. The summed E-state index contributed by atoms with van der Waals surface area (Å²) in [6, 6.07) is 17.8. The number of thiophene rings is 1. The second kappa shape index (κ2) is 9.63. The quantitative estimate of drug-likeness (QED) is 0.324. The number of nitrogens with zero attached hydrogens (tertiary/aromatic N) is 2. The predicted molar refractivity (Wildman–Crippen MR) is 147 cm³/mol. The maximum Gasteiger partial charge on any atom is 0.323 e.